The Hall–Kier alpha value is -2.76. The lowest BCUT2D eigenvalue weighted by Crippen LogP contribution is -2.29. The molecule has 4 aromatic rings. The van der Waals surface area contributed by atoms with Crippen LogP contribution in [0.1, 0.15) is 23.9 Å². The van der Waals surface area contributed by atoms with Gasteiger partial charge < -0.3 is 9.47 Å². The SMILES string of the molecule is CCC(OC)(c1cncc(Oc2ccc3ccccc3c2)c1)c1nccs1. The highest BCUT2D eigenvalue weighted by molar-refractivity contribution is 7.09. The summed E-state index contributed by atoms with van der Waals surface area (Å²) in [6.45, 7) is 2.09. The van der Waals surface area contributed by atoms with E-state index in [1.165, 1.54) is 5.39 Å². The molecule has 4 rings (SSSR count). The minimum absolute atomic E-state index is 0.621. The van der Waals surface area contributed by atoms with Crippen molar-refractivity contribution in [1.29, 1.82) is 0 Å². The Morgan fingerprint density at radius 3 is 2.59 bits per heavy atom. The van der Waals surface area contributed by atoms with E-state index >= 15 is 0 Å². The van der Waals surface area contributed by atoms with Gasteiger partial charge in [-0.25, -0.2) is 4.98 Å². The van der Waals surface area contributed by atoms with Crippen LogP contribution in [0.5, 0.6) is 11.5 Å². The topological polar surface area (TPSA) is 44.2 Å². The summed E-state index contributed by atoms with van der Waals surface area (Å²) in [6, 6.07) is 16.3. The molecule has 0 saturated carbocycles. The Bertz CT molecular complexity index is 1040. The van der Waals surface area contributed by atoms with Crippen LogP contribution in [-0.4, -0.2) is 17.1 Å². The van der Waals surface area contributed by atoms with Crippen molar-refractivity contribution in [2.45, 2.75) is 18.9 Å². The maximum atomic E-state index is 6.09. The number of ether oxygens (including phenoxy) is 2. The van der Waals surface area contributed by atoms with Crippen molar-refractivity contribution < 1.29 is 9.47 Å². The van der Waals surface area contributed by atoms with Crippen molar-refractivity contribution in [3.8, 4) is 11.5 Å². The number of aromatic nitrogens is 2. The highest BCUT2D eigenvalue weighted by Gasteiger charge is 2.35. The summed E-state index contributed by atoms with van der Waals surface area (Å²) in [5, 5.41) is 5.20. The zero-order valence-electron chi connectivity index (χ0n) is 15.3. The summed E-state index contributed by atoms with van der Waals surface area (Å²) in [7, 11) is 1.71. The van der Waals surface area contributed by atoms with Gasteiger partial charge in [0.05, 0.1) is 6.20 Å². The van der Waals surface area contributed by atoms with Gasteiger partial charge >= 0.3 is 0 Å². The fourth-order valence-corrected chi connectivity index (χ4v) is 4.22. The first-order valence-corrected chi connectivity index (χ1v) is 9.70. The first-order valence-electron chi connectivity index (χ1n) is 8.82. The molecular formula is C22H20N2O2S. The van der Waals surface area contributed by atoms with Gasteiger partial charge in [0.1, 0.15) is 22.1 Å². The highest BCUT2D eigenvalue weighted by Crippen LogP contribution is 2.38. The van der Waals surface area contributed by atoms with E-state index in [2.05, 4.69) is 35.1 Å². The van der Waals surface area contributed by atoms with Crippen LogP contribution in [-0.2, 0) is 10.3 Å². The largest absolute Gasteiger partial charge is 0.456 e. The fourth-order valence-electron chi connectivity index (χ4n) is 3.31. The van der Waals surface area contributed by atoms with Crippen LogP contribution in [0.2, 0.25) is 0 Å². The summed E-state index contributed by atoms with van der Waals surface area (Å²) in [5.41, 5.74) is 0.310. The van der Waals surface area contributed by atoms with E-state index in [1.54, 1.807) is 30.8 Å². The van der Waals surface area contributed by atoms with Gasteiger partial charge in [0.25, 0.3) is 0 Å². The van der Waals surface area contributed by atoms with E-state index in [4.69, 9.17) is 9.47 Å². The van der Waals surface area contributed by atoms with Gasteiger partial charge in [-0.1, -0.05) is 37.3 Å². The minimum Gasteiger partial charge on any atom is -0.456 e. The second kappa shape index (κ2) is 7.47. The third kappa shape index (κ3) is 3.31. The number of thiazole rings is 1. The Morgan fingerprint density at radius 1 is 1.00 bits per heavy atom. The molecule has 0 spiro atoms. The molecule has 0 amide bonds. The molecule has 0 saturated heterocycles. The van der Waals surface area contributed by atoms with E-state index in [0.717, 1.165) is 28.1 Å². The number of pyridine rings is 1. The molecule has 136 valence electrons. The molecule has 2 heterocycles. The van der Waals surface area contributed by atoms with Gasteiger partial charge in [-0.15, -0.1) is 11.3 Å². The summed E-state index contributed by atoms with van der Waals surface area (Å²) in [5.74, 6) is 1.45. The van der Waals surface area contributed by atoms with Crippen LogP contribution in [0.3, 0.4) is 0 Å². The lowest BCUT2D eigenvalue weighted by molar-refractivity contribution is 0.0180. The molecule has 0 radical (unpaired) electrons. The Kier molecular flexibility index (Phi) is 4.88. The van der Waals surface area contributed by atoms with E-state index in [9.17, 15) is 0 Å². The molecule has 27 heavy (non-hydrogen) atoms. The average Bonchev–Trinajstić information content (AvgIpc) is 3.25. The molecule has 0 aliphatic heterocycles. The smallest absolute Gasteiger partial charge is 0.146 e. The van der Waals surface area contributed by atoms with Crippen molar-refractivity contribution in [2.75, 3.05) is 7.11 Å². The number of hydrogen-bond donors (Lipinski definition) is 0. The fraction of sp³-hybridized carbons (Fsp3) is 0.182. The maximum absolute atomic E-state index is 6.09. The second-order valence-electron chi connectivity index (χ2n) is 6.24. The van der Waals surface area contributed by atoms with Crippen molar-refractivity contribution in [1.82, 2.24) is 9.97 Å². The molecule has 1 atom stereocenters. The van der Waals surface area contributed by atoms with Crippen LogP contribution in [0.25, 0.3) is 10.8 Å². The molecule has 0 N–H and O–H groups in total. The normalized spacial score (nSPS) is 13.4. The monoisotopic (exact) mass is 376 g/mol. The second-order valence-corrected chi connectivity index (χ2v) is 7.14. The van der Waals surface area contributed by atoms with Gasteiger partial charge in [-0.05, 0) is 35.4 Å². The molecule has 5 heteroatoms. The van der Waals surface area contributed by atoms with Crippen LogP contribution < -0.4 is 4.74 Å². The molecule has 0 fully saturated rings. The number of rotatable bonds is 6. The minimum atomic E-state index is -0.621. The lowest BCUT2D eigenvalue weighted by Gasteiger charge is -2.29. The van der Waals surface area contributed by atoms with Crippen molar-refractivity contribution in [3.05, 3.63) is 83.1 Å². The molecule has 0 aliphatic carbocycles. The van der Waals surface area contributed by atoms with Gasteiger partial charge in [-0.3, -0.25) is 4.98 Å². The van der Waals surface area contributed by atoms with Crippen molar-refractivity contribution >= 4 is 22.1 Å². The zero-order chi connectivity index (χ0) is 18.7. The number of benzene rings is 2. The number of hydrogen-bond acceptors (Lipinski definition) is 5. The van der Waals surface area contributed by atoms with E-state index < -0.39 is 5.60 Å². The lowest BCUT2D eigenvalue weighted by atomic mass is 9.92. The summed E-state index contributed by atoms with van der Waals surface area (Å²) in [6.07, 6.45) is 6.09. The Labute approximate surface area is 162 Å². The third-order valence-corrected chi connectivity index (χ3v) is 5.68. The maximum Gasteiger partial charge on any atom is 0.146 e. The molecule has 4 nitrogen and oxygen atoms in total. The van der Waals surface area contributed by atoms with Gasteiger partial charge in [0.15, 0.2) is 0 Å². The molecule has 2 aromatic heterocycles. The number of methoxy groups -OCH3 is 1. The van der Waals surface area contributed by atoms with E-state index in [0.29, 0.717) is 5.75 Å². The number of fused-ring (bicyclic) bond motifs is 1. The quantitative estimate of drug-likeness (QED) is 0.428. The summed E-state index contributed by atoms with van der Waals surface area (Å²) in [4.78, 5) is 8.87. The average molecular weight is 376 g/mol. The highest BCUT2D eigenvalue weighted by atomic mass is 32.1. The first kappa shape index (κ1) is 17.6. The predicted octanol–water partition coefficient (Wildman–Crippen LogP) is 5.78. The Balaban J connectivity index is 1.69. The van der Waals surface area contributed by atoms with Crippen molar-refractivity contribution in [2.24, 2.45) is 0 Å². The van der Waals surface area contributed by atoms with Crippen LogP contribution in [0, 0.1) is 0 Å². The predicted molar refractivity (Wildman–Crippen MR) is 108 cm³/mol. The van der Waals surface area contributed by atoms with Crippen molar-refractivity contribution in [3.63, 3.8) is 0 Å². The Morgan fingerprint density at radius 2 is 1.85 bits per heavy atom. The van der Waals surface area contributed by atoms with E-state index in [-0.39, 0.29) is 0 Å². The summed E-state index contributed by atoms with van der Waals surface area (Å²) >= 11 is 1.58. The zero-order valence-corrected chi connectivity index (χ0v) is 16.1. The van der Waals surface area contributed by atoms with Gasteiger partial charge in [-0.2, -0.15) is 0 Å². The van der Waals surface area contributed by atoms with Gasteiger partial charge in [0, 0.05) is 30.4 Å². The molecule has 0 aliphatic rings. The molecule has 0 bridgehead atoms. The third-order valence-electron chi connectivity index (χ3n) is 4.76. The molecule has 1 unspecified atom stereocenters. The summed E-state index contributed by atoms with van der Waals surface area (Å²) < 4.78 is 12.0. The van der Waals surface area contributed by atoms with Crippen LogP contribution in [0.4, 0.5) is 0 Å². The molecule has 2 aromatic carbocycles. The van der Waals surface area contributed by atoms with Crippen LogP contribution in [0.15, 0.2) is 72.5 Å². The number of nitrogens with zero attached hydrogens (tertiary/aromatic N) is 2. The molecular weight excluding hydrogens is 356 g/mol. The van der Waals surface area contributed by atoms with Gasteiger partial charge in [0.2, 0.25) is 0 Å². The first-order chi connectivity index (χ1) is 13.2. The standard InChI is InChI=1S/C22H20N2O2S/c1-3-22(25-2,21-24-10-11-27-21)18-13-20(15-23-14-18)26-19-9-8-16-6-4-5-7-17(16)12-19/h4-15H,3H2,1-2H3. The van der Waals surface area contributed by atoms with E-state index in [1.807, 2.05) is 41.9 Å². The van der Waals surface area contributed by atoms with Crippen LogP contribution >= 0.6 is 11.3 Å².